The topological polar surface area (TPSA) is 109 Å². The van der Waals surface area contributed by atoms with Crippen LogP contribution in [0, 0.1) is 0 Å². The van der Waals surface area contributed by atoms with Crippen molar-refractivity contribution in [2.75, 3.05) is 23.9 Å². The molecule has 0 heterocycles. The van der Waals surface area contributed by atoms with Crippen LogP contribution in [0.4, 0.5) is 5.69 Å². The third-order valence-corrected chi connectivity index (χ3v) is 4.77. The number of benzene rings is 1. The maximum atomic E-state index is 11.5. The van der Waals surface area contributed by atoms with E-state index in [1.165, 1.54) is 0 Å². The molecule has 7 nitrogen and oxygen atoms in total. The number of carboxylic acid groups (broad SMARTS) is 1. The maximum absolute atomic E-state index is 11.5. The van der Waals surface area contributed by atoms with Crippen molar-refractivity contribution < 1.29 is 26.7 Å². The molecule has 0 spiro atoms. The molecule has 1 N–H and O–H groups in total. The lowest BCUT2D eigenvalue weighted by Crippen LogP contribution is -2.27. The van der Waals surface area contributed by atoms with Gasteiger partial charge in [-0.15, -0.1) is 0 Å². The highest BCUT2D eigenvalue weighted by Crippen LogP contribution is 2.25. The minimum absolute atomic E-state index is 0.150. The molecule has 0 saturated heterocycles. The first-order valence-corrected chi connectivity index (χ1v) is 8.70. The quantitative estimate of drug-likeness (QED) is 0.850. The second kappa shape index (κ2) is 4.82. The smallest absolute Gasteiger partial charge is 0.337 e. The molecule has 0 saturated carbocycles. The highest BCUT2D eigenvalue weighted by atomic mass is 32.2. The van der Waals surface area contributed by atoms with E-state index in [1.54, 1.807) is 0 Å². The Bertz CT molecular complexity index is 720. The zero-order valence-electron chi connectivity index (χ0n) is 10.5. The number of sulfonamides is 1. The van der Waals surface area contributed by atoms with Crippen molar-refractivity contribution in [1.82, 2.24) is 0 Å². The Labute approximate surface area is 111 Å². The molecule has 0 aliphatic heterocycles. The largest absolute Gasteiger partial charge is 0.478 e. The van der Waals surface area contributed by atoms with Gasteiger partial charge in [0.25, 0.3) is 0 Å². The second-order valence-electron chi connectivity index (χ2n) is 3.99. The summed E-state index contributed by atoms with van der Waals surface area (Å²) in [6.45, 7) is 0. The molecule has 106 valence electrons. The molecule has 1 aromatic rings. The SMILES string of the molecule is CN(c1cc(S(C)(=O)=O)ccc1C(=O)O)S(C)(=O)=O. The van der Waals surface area contributed by atoms with Gasteiger partial charge in [-0.05, 0) is 18.2 Å². The van der Waals surface area contributed by atoms with Crippen molar-refractivity contribution in [2.45, 2.75) is 4.90 Å². The van der Waals surface area contributed by atoms with Gasteiger partial charge < -0.3 is 5.11 Å². The number of rotatable bonds is 4. The Balaban J connectivity index is 3.62. The summed E-state index contributed by atoms with van der Waals surface area (Å²) in [5, 5.41) is 9.00. The van der Waals surface area contributed by atoms with Crippen LogP contribution in [0.25, 0.3) is 0 Å². The molecule has 0 atom stereocenters. The standard InChI is InChI=1S/C10H13NO6S2/c1-11(19(3,16)17)9-6-7(18(2,14)15)4-5-8(9)10(12)13/h4-6H,1-3H3,(H,12,13). The Kier molecular flexibility index (Phi) is 3.92. The number of hydrogen-bond donors (Lipinski definition) is 1. The summed E-state index contributed by atoms with van der Waals surface area (Å²) < 4.78 is 46.5. The highest BCUT2D eigenvalue weighted by Gasteiger charge is 2.22. The average molecular weight is 307 g/mol. The van der Waals surface area contributed by atoms with E-state index in [1.807, 2.05) is 0 Å². The van der Waals surface area contributed by atoms with Crippen LogP contribution in [-0.4, -0.2) is 47.5 Å². The molecule has 19 heavy (non-hydrogen) atoms. The Morgan fingerprint density at radius 2 is 1.68 bits per heavy atom. The van der Waals surface area contributed by atoms with Gasteiger partial charge in [-0.25, -0.2) is 21.6 Å². The first-order chi connectivity index (χ1) is 8.44. The van der Waals surface area contributed by atoms with E-state index in [4.69, 9.17) is 5.11 Å². The summed E-state index contributed by atoms with van der Waals surface area (Å²) in [7, 11) is -6.10. The molecule has 0 radical (unpaired) electrons. The maximum Gasteiger partial charge on any atom is 0.337 e. The van der Waals surface area contributed by atoms with Crippen LogP contribution in [0.15, 0.2) is 23.1 Å². The number of carbonyl (C=O) groups is 1. The first-order valence-electron chi connectivity index (χ1n) is 4.96. The lowest BCUT2D eigenvalue weighted by Gasteiger charge is -2.19. The zero-order chi connectivity index (χ0) is 15.0. The summed E-state index contributed by atoms with van der Waals surface area (Å²) >= 11 is 0. The Morgan fingerprint density at radius 1 is 1.16 bits per heavy atom. The van der Waals surface area contributed by atoms with Crippen LogP contribution < -0.4 is 4.31 Å². The summed E-state index contributed by atoms with van der Waals surface area (Å²) in [5.74, 6) is -1.34. The van der Waals surface area contributed by atoms with Gasteiger partial charge in [0.15, 0.2) is 9.84 Å². The van der Waals surface area contributed by atoms with Crippen molar-refractivity contribution in [3.05, 3.63) is 23.8 Å². The summed E-state index contributed by atoms with van der Waals surface area (Å²) in [6, 6.07) is 3.22. The molecule has 1 aromatic carbocycles. The predicted molar refractivity (Wildman–Crippen MR) is 69.8 cm³/mol. The minimum atomic E-state index is -3.70. The third kappa shape index (κ3) is 3.44. The average Bonchev–Trinajstić information content (AvgIpc) is 2.24. The lowest BCUT2D eigenvalue weighted by molar-refractivity contribution is 0.0697. The van der Waals surface area contributed by atoms with Gasteiger partial charge >= 0.3 is 5.97 Å². The number of aromatic carboxylic acids is 1. The summed E-state index contributed by atoms with van der Waals surface area (Å²) in [5.41, 5.74) is -0.488. The molecule has 0 amide bonds. The molecule has 0 fully saturated rings. The van der Waals surface area contributed by atoms with Gasteiger partial charge in [0.2, 0.25) is 10.0 Å². The van der Waals surface area contributed by atoms with E-state index >= 15 is 0 Å². The zero-order valence-corrected chi connectivity index (χ0v) is 12.1. The highest BCUT2D eigenvalue weighted by molar-refractivity contribution is 7.92. The molecular weight excluding hydrogens is 294 g/mol. The third-order valence-electron chi connectivity index (χ3n) is 2.46. The number of sulfone groups is 1. The Morgan fingerprint density at radius 3 is 2.05 bits per heavy atom. The normalized spacial score (nSPS) is 12.2. The van der Waals surface area contributed by atoms with Crippen LogP contribution in [-0.2, 0) is 19.9 Å². The predicted octanol–water partition coefficient (Wildman–Crippen LogP) is 0.184. The number of nitrogens with zero attached hydrogens (tertiary/aromatic N) is 1. The summed E-state index contributed by atoms with van der Waals surface area (Å²) in [6.07, 6.45) is 1.85. The van der Waals surface area contributed by atoms with Crippen molar-refractivity contribution in [3.8, 4) is 0 Å². The molecule has 1 rings (SSSR count). The van der Waals surface area contributed by atoms with Crippen molar-refractivity contribution in [1.29, 1.82) is 0 Å². The van der Waals surface area contributed by atoms with E-state index in [2.05, 4.69) is 0 Å². The van der Waals surface area contributed by atoms with Crippen LogP contribution >= 0.6 is 0 Å². The van der Waals surface area contributed by atoms with E-state index in [0.717, 1.165) is 42.1 Å². The number of hydrogen-bond acceptors (Lipinski definition) is 5. The van der Waals surface area contributed by atoms with E-state index < -0.39 is 25.8 Å². The first kappa shape index (κ1) is 15.4. The Hall–Kier alpha value is -1.61. The molecule has 0 unspecified atom stereocenters. The fourth-order valence-electron chi connectivity index (χ4n) is 1.36. The summed E-state index contributed by atoms with van der Waals surface area (Å²) in [4.78, 5) is 10.9. The van der Waals surface area contributed by atoms with Gasteiger partial charge in [0.05, 0.1) is 22.4 Å². The fraction of sp³-hybridized carbons (Fsp3) is 0.300. The van der Waals surface area contributed by atoms with E-state index in [9.17, 15) is 21.6 Å². The van der Waals surface area contributed by atoms with Crippen LogP contribution in [0.3, 0.4) is 0 Å². The van der Waals surface area contributed by atoms with Crippen molar-refractivity contribution in [3.63, 3.8) is 0 Å². The van der Waals surface area contributed by atoms with Gasteiger partial charge in [-0.2, -0.15) is 0 Å². The van der Waals surface area contributed by atoms with Crippen LogP contribution in [0.5, 0.6) is 0 Å². The van der Waals surface area contributed by atoms with Crippen LogP contribution in [0.1, 0.15) is 10.4 Å². The van der Waals surface area contributed by atoms with Crippen molar-refractivity contribution in [2.24, 2.45) is 0 Å². The number of anilines is 1. The molecular formula is C10H13NO6S2. The van der Waals surface area contributed by atoms with Gasteiger partial charge in [-0.1, -0.05) is 0 Å². The minimum Gasteiger partial charge on any atom is -0.478 e. The number of carboxylic acids is 1. The molecule has 0 aromatic heterocycles. The van der Waals surface area contributed by atoms with Gasteiger partial charge in [0.1, 0.15) is 0 Å². The lowest BCUT2D eigenvalue weighted by atomic mass is 10.2. The molecule has 0 aliphatic rings. The van der Waals surface area contributed by atoms with Gasteiger partial charge in [0, 0.05) is 13.3 Å². The fourth-order valence-corrected chi connectivity index (χ4v) is 2.51. The van der Waals surface area contributed by atoms with Crippen molar-refractivity contribution >= 4 is 31.5 Å². The van der Waals surface area contributed by atoms with Crippen LogP contribution in [0.2, 0.25) is 0 Å². The second-order valence-corrected chi connectivity index (χ2v) is 8.02. The van der Waals surface area contributed by atoms with E-state index in [-0.39, 0.29) is 16.1 Å². The molecule has 0 aliphatic carbocycles. The monoisotopic (exact) mass is 307 g/mol. The van der Waals surface area contributed by atoms with E-state index in [0.29, 0.717) is 0 Å². The molecule has 9 heteroatoms. The van der Waals surface area contributed by atoms with Gasteiger partial charge in [-0.3, -0.25) is 4.31 Å². The molecule has 0 bridgehead atoms.